The van der Waals surface area contributed by atoms with Crippen LogP contribution in [0.1, 0.15) is 53.6 Å². The lowest BCUT2D eigenvalue weighted by atomic mass is 9.99. The van der Waals surface area contributed by atoms with E-state index in [0.29, 0.717) is 28.5 Å². The molecule has 2 N–H and O–H groups in total. The van der Waals surface area contributed by atoms with Crippen molar-refractivity contribution in [2.45, 2.75) is 51.5 Å². The van der Waals surface area contributed by atoms with E-state index in [0.717, 1.165) is 37.1 Å². The Morgan fingerprint density at radius 2 is 1.69 bits per heavy atom. The highest BCUT2D eigenvalue weighted by molar-refractivity contribution is 6.05. The maximum absolute atomic E-state index is 12.6. The number of nitrogens with zero attached hydrogens (tertiary/aromatic N) is 3. The number of aromatic nitrogens is 1. The summed E-state index contributed by atoms with van der Waals surface area (Å²) in [4.78, 5) is 34.4. The summed E-state index contributed by atoms with van der Waals surface area (Å²) < 4.78 is 0. The van der Waals surface area contributed by atoms with E-state index in [1.54, 1.807) is 24.3 Å². The number of rotatable bonds is 6. The SMILES string of the molecule is Cc1ccc(CC(=O)Nc2ccc3nc(N4CCC(N5CCCCC5)CC4)cc(C(=O)O)c3c2)cc1. The third-order valence-corrected chi connectivity index (χ3v) is 7.49. The predicted octanol–water partition coefficient (Wildman–Crippen LogP) is 4.88. The summed E-state index contributed by atoms with van der Waals surface area (Å²) in [6, 6.07) is 15.5. The van der Waals surface area contributed by atoms with E-state index in [-0.39, 0.29) is 17.9 Å². The quantitative estimate of drug-likeness (QED) is 0.517. The maximum atomic E-state index is 12.6. The van der Waals surface area contributed by atoms with E-state index >= 15 is 0 Å². The molecule has 2 aliphatic rings. The van der Waals surface area contributed by atoms with E-state index in [2.05, 4.69) is 15.1 Å². The van der Waals surface area contributed by atoms with Gasteiger partial charge in [0.1, 0.15) is 5.82 Å². The van der Waals surface area contributed by atoms with Crippen LogP contribution in [0.3, 0.4) is 0 Å². The molecular weight excluding hydrogens is 452 g/mol. The average molecular weight is 487 g/mol. The monoisotopic (exact) mass is 486 g/mol. The number of likely N-dealkylation sites (tertiary alicyclic amines) is 1. The number of fused-ring (bicyclic) bond motifs is 1. The molecule has 2 aliphatic heterocycles. The first kappa shape index (κ1) is 24.3. The number of piperidine rings is 2. The second-order valence-electron chi connectivity index (χ2n) is 10.1. The minimum absolute atomic E-state index is 0.142. The summed E-state index contributed by atoms with van der Waals surface area (Å²) in [5, 5.41) is 13.4. The number of amides is 1. The molecule has 3 aromatic rings. The molecule has 7 heteroatoms. The Morgan fingerprint density at radius 3 is 2.39 bits per heavy atom. The van der Waals surface area contributed by atoms with Gasteiger partial charge in [0, 0.05) is 30.2 Å². The zero-order valence-corrected chi connectivity index (χ0v) is 20.9. The van der Waals surface area contributed by atoms with Crippen LogP contribution in [0.25, 0.3) is 10.9 Å². The molecule has 1 aromatic heterocycles. The van der Waals surface area contributed by atoms with Crippen LogP contribution in [0.4, 0.5) is 11.5 Å². The van der Waals surface area contributed by atoms with Gasteiger partial charge in [0.25, 0.3) is 0 Å². The molecule has 5 rings (SSSR count). The van der Waals surface area contributed by atoms with Gasteiger partial charge in [0.15, 0.2) is 0 Å². The van der Waals surface area contributed by atoms with Gasteiger partial charge in [-0.15, -0.1) is 0 Å². The lowest BCUT2D eigenvalue weighted by Gasteiger charge is -2.40. The van der Waals surface area contributed by atoms with Crippen molar-refractivity contribution in [3.8, 4) is 0 Å². The number of pyridine rings is 1. The van der Waals surface area contributed by atoms with Crippen LogP contribution in [0.2, 0.25) is 0 Å². The fourth-order valence-corrected chi connectivity index (χ4v) is 5.47. The highest BCUT2D eigenvalue weighted by Crippen LogP contribution is 2.29. The standard InChI is InChI=1S/C29H34N4O3/c1-20-5-7-21(8-6-20)17-28(34)30-22-9-10-26-24(18-22)25(29(35)36)19-27(31-26)33-15-11-23(12-16-33)32-13-3-2-4-14-32/h5-10,18-19,23H,2-4,11-17H2,1H3,(H,30,34)(H,35,36). The van der Waals surface area contributed by atoms with E-state index in [4.69, 9.17) is 4.98 Å². The van der Waals surface area contributed by atoms with Crippen LogP contribution in [0.5, 0.6) is 0 Å². The number of carbonyl (C=O) groups is 2. The van der Waals surface area contributed by atoms with Crippen LogP contribution in [-0.4, -0.2) is 59.1 Å². The number of carboxylic acid groups (broad SMARTS) is 1. The third-order valence-electron chi connectivity index (χ3n) is 7.49. The molecule has 0 bridgehead atoms. The number of hydrogen-bond acceptors (Lipinski definition) is 5. The van der Waals surface area contributed by atoms with Gasteiger partial charge in [-0.2, -0.15) is 0 Å². The normalized spacial score (nSPS) is 17.3. The van der Waals surface area contributed by atoms with Gasteiger partial charge in [-0.05, 0) is 75.5 Å². The van der Waals surface area contributed by atoms with E-state index in [1.807, 2.05) is 31.2 Å². The molecule has 0 radical (unpaired) electrons. The van der Waals surface area contributed by atoms with Crippen LogP contribution in [0.15, 0.2) is 48.5 Å². The highest BCUT2D eigenvalue weighted by Gasteiger charge is 2.27. The van der Waals surface area contributed by atoms with Crippen molar-refractivity contribution in [3.63, 3.8) is 0 Å². The Balaban J connectivity index is 1.31. The molecular formula is C29H34N4O3. The van der Waals surface area contributed by atoms with Crippen molar-refractivity contribution in [1.82, 2.24) is 9.88 Å². The molecule has 3 heterocycles. The number of aromatic carboxylic acids is 1. The first-order valence-electron chi connectivity index (χ1n) is 13.0. The molecule has 0 unspecified atom stereocenters. The van der Waals surface area contributed by atoms with Gasteiger partial charge in [-0.25, -0.2) is 9.78 Å². The summed E-state index contributed by atoms with van der Waals surface area (Å²) in [6.07, 6.45) is 6.34. The molecule has 0 atom stereocenters. The number of aryl methyl sites for hydroxylation is 1. The van der Waals surface area contributed by atoms with Crippen molar-refractivity contribution in [1.29, 1.82) is 0 Å². The van der Waals surface area contributed by atoms with Crippen LogP contribution in [0, 0.1) is 6.92 Å². The second kappa shape index (κ2) is 10.7. The van der Waals surface area contributed by atoms with Gasteiger partial charge >= 0.3 is 5.97 Å². The van der Waals surface area contributed by atoms with E-state index < -0.39 is 5.97 Å². The Hall–Kier alpha value is -3.45. The highest BCUT2D eigenvalue weighted by atomic mass is 16.4. The molecule has 2 aromatic carbocycles. The fourth-order valence-electron chi connectivity index (χ4n) is 5.47. The number of benzene rings is 2. The zero-order chi connectivity index (χ0) is 25.1. The molecule has 188 valence electrons. The molecule has 0 aliphatic carbocycles. The minimum Gasteiger partial charge on any atom is -0.478 e. The summed E-state index contributed by atoms with van der Waals surface area (Å²) in [5.74, 6) is -0.417. The van der Waals surface area contributed by atoms with Crippen molar-refractivity contribution in [3.05, 3.63) is 65.2 Å². The molecule has 1 amide bonds. The molecule has 2 saturated heterocycles. The Kier molecular flexibility index (Phi) is 7.18. The van der Waals surface area contributed by atoms with Gasteiger partial charge in [-0.1, -0.05) is 36.2 Å². The van der Waals surface area contributed by atoms with Gasteiger partial charge in [0.05, 0.1) is 17.5 Å². The Bertz CT molecular complexity index is 1240. The minimum atomic E-state index is -0.991. The molecule has 0 spiro atoms. The molecule has 7 nitrogen and oxygen atoms in total. The fraction of sp³-hybridized carbons (Fsp3) is 0.414. The second-order valence-corrected chi connectivity index (χ2v) is 10.1. The largest absolute Gasteiger partial charge is 0.478 e. The summed E-state index contributed by atoms with van der Waals surface area (Å²) in [6.45, 7) is 6.17. The third kappa shape index (κ3) is 5.51. The van der Waals surface area contributed by atoms with Crippen LogP contribution >= 0.6 is 0 Å². The van der Waals surface area contributed by atoms with Crippen LogP contribution in [-0.2, 0) is 11.2 Å². The summed E-state index contributed by atoms with van der Waals surface area (Å²) in [5.41, 5.74) is 3.48. The number of anilines is 2. The number of carbonyl (C=O) groups excluding carboxylic acids is 1. The number of carboxylic acids is 1. The average Bonchev–Trinajstić information content (AvgIpc) is 2.90. The molecule has 36 heavy (non-hydrogen) atoms. The maximum Gasteiger partial charge on any atom is 0.336 e. The van der Waals surface area contributed by atoms with Gasteiger partial charge < -0.3 is 20.2 Å². The van der Waals surface area contributed by atoms with Gasteiger partial charge in [0.2, 0.25) is 5.91 Å². The van der Waals surface area contributed by atoms with Crippen LogP contribution < -0.4 is 10.2 Å². The predicted molar refractivity (Wildman–Crippen MR) is 143 cm³/mol. The first-order chi connectivity index (χ1) is 17.5. The lowest BCUT2D eigenvalue weighted by molar-refractivity contribution is -0.115. The van der Waals surface area contributed by atoms with E-state index in [1.165, 1.54) is 32.4 Å². The van der Waals surface area contributed by atoms with Crippen molar-refractivity contribution in [2.24, 2.45) is 0 Å². The number of nitrogens with one attached hydrogen (secondary N) is 1. The topological polar surface area (TPSA) is 85.8 Å². The summed E-state index contributed by atoms with van der Waals surface area (Å²) >= 11 is 0. The summed E-state index contributed by atoms with van der Waals surface area (Å²) in [7, 11) is 0. The Labute approximate surface area is 212 Å². The zero-order valence-electron chi connectivity index (χ0n) is 20.9. The van der Waals surface area contributed by atoms with Crippen molar-refractivity contribution in [2.75, 3.05) is 36.4 Å². The van der Waals surface area contributed by atoms with Gasteiger partial charge in [-0.3, -0.25) is 4.79 Å². The smallest absolute Gasteiger partial charge is 0.336 e. The Morgan fingerprint density at radius 1 is 0.972 bits per heavy atom. The van der Waals surface area contributed by atoms with Crippen molar-refractivity contribution >= 4 is 34.3 Å². The van der Waals surface area contributed by atoms with E-state index in [9.17, 15) is 14.7 Å². The van der Waals surface area contributed by atoms with Crippen molar-refractivity contribution < 1.29 is 14.7 Å². The lowest BCUT2D eigenvalue weighted by Crippen LogP contribution is -2.47. The number of hydrogen-bond donors (Lipinski definition) is 2. The molecule has 2 fully saturated rings. The molecule has 0 saturated carbocycles. The first-order valence-corrected chi connectivity index (χ1v) is 13.0.